The van der Waals surface area contributed by atoms with Crippen molar-refractivity contribution >= 4 is 34.8 Å². The molecule has 3 aromatic rings. The molecule has 0 unspecified atom stereocenters. The van der Waals surface area contributed by atoms with Crippen molar-refractivity contribution in [3.05, 3.63) is 77.3 Å². The molecule has 2 nitrogen and oxygen atoms in total. The molecule has 4 heteroatoms. The second-order valence-electron chi connectivity index (χ2n) is 5.88. The van der Waals surface area contributed by atoms with Crippen LogP contribution in [0.2, 0.25) is 5.02 Å². The molecule has 0 fully saturated rings. The molecule has 1 atom stereocenters. The Labute approximate surface area is 160 Å². The van der Waals surface area contributed by atoms with E-state index in [4.69, 9.17) is 16.3 Å². The van der Waals surface area contributed by atoms with Crippen LogP contribution in [0.25, 0.3) is 10.8 Å². The van der Waals surface area contributed by atoms with Crippen molar-refractivity contribution in [2.45, 2.75) is 19.4 Å². The van der Waals surface area contributed by atoms with Crippen LogP contribution in [0.15, 0.2) is 66.7 Å². The maximum absolute atomic E-state index is 6.08. The zero-order chi connectivity index (χ0) is 16.8. The molecule has 0 bridgehead atoms. The van der Waals surface area contributed by atoms with Gasteiger partial charge in [0.1, 0.15) is 5.75 Å². The number of hydrogen-bond donors (Lipinski definition) is 1. The summed E-state index contributed by atoms with van der Waals surface area (Å²) in [5.41, 5.74) is 1.33. The molecule has 3 aromatic carbocycles. The van der Waals surface area contributed by atoms with Crippen LogP contribution in [0, 0.1) is 0 Å². The molecule has 0 aliphatic rings. The average Bonchev–Trinajstić information content (AvgIpc) is 2.62. The Morgan fingerprint density at radius 3 is 2.52 bits per heavy atom. The van der Waals surface area contributed by atoms with Gasteiger partial charge in [-0.25, -0.2) is 0 Å². The summed E-state index contributed by atoms with van der Waals surface area (Å²) < 4.78 is 5.72. The molecule has 0 aliphatic carbocycles. The summed E-state index contributed by atoms with van der Waals surface area (Å²) >= 11 is 6.08. The fourth-order valence-electron chi connectivity index (χ4n) is 2.87. The Kier molecular flexibility index (Phi) is 7.57. The lowest BCUT2D eigenvalue weighted by atomic mass is 10.00. The summed E-state index contributed by atoms with van der Waals surface area (Å²) in [6, 6.07) is 22.9. The molecule has 0 radical (unpaired) electrons. The van der Waals surface area contributed by atoms with Crippen LogP contribution < -0.4 is 10.1 Å². The Bertz CT molecular complexity index is 801. The zero-order valence-electron chi connectivity index (χ0n) is 14.2. The first-order valence-electron chi connectivity index (χ1n) is 8.34. The topological polar surface area (TPSA) is 21.3 Å². The molecule has 0 saturated heterocycles. The highest BCUT2D eigenvalue weighted by atomic mass is 35.5. The molecule has 0 aliphatic heterocycles. The zero-order valence-corrected chi connectivity index (χ0v) is 15.8. The lowest BCUT2D eigenvalue weighted by Gasteiger charge is -2.17. The summed E-state index contributed by atoms with van der Waals surface area (Å²) in [4.78, 5) is 0. The van der Waals surface area contributed by atoms with Crippen molar-refractivity contribution in [1.82, 2.24) is 5.32 Å². The van der Waals surface area contributed by atoms with Crippen LogP contribution in [-0.2, 0) is 0 Å². The first-order valence-corrected chi connectivity index (χ1v) is 8.72. The first-order chi connectivity index (χ1) is 11.8. The SMILES string of the molecule is C[C@@H](NCCCOc1ccccc1Cl)c1cccc2ccccc12.Cl. The largest absolute Gasteiger partial charge is 0.492 e. The highest BCUT2D eigenvalue weighted by Crippen LogP contribution is 2.24. The maximum Gasteiger partial charge on any atom is 0.137 e. The normalized spacial score (nSPS) is 11.8. The minimum absolute atomic E-state index is 0. The van der Waals surface area contributed by atoms with Crippen molar-refractivity contribution in [3.8, 4) is 5.75 Å². The van der Waals surface area contributed by atoms with Gasteiger partial charge in [0.15, 0.2) is 0 Å². The van der Waals surface area contributed by atoms with Gasteiger partial charge in [-0.15, -0.1) is 12.4 Å². The number of rotatable bonds is 7. The monoisotopic (exact) mass is 375 g/mol. The molecule has 25 heavy (non-hydrogen) atoms. The number of fused-ring (bicyclic) bond motifs is 1. The Morgan fingerprint density at radius 1 is 0.960 bits per heavy atom. The minimum Gasteiger partial charge on any atom is -0.492 e. The fourth-order valence-corrected chi connectivity index (χ4v) is 3.06. The molecule has 132 valence electrons. The average molecular weight is 376 g/mol. The molecule has 0 spiro atoms. The first kappa shape index (κ1) is 19.6. The van der Waals surface area contributed by atoms with Crippen LogP contribution in [0.5, 0.6) is 5.75 Å². The van der Waals surface area contributed by atoms with Gasteiger partial charge < -0.3 is 10.1 Å². The summed E-state index contributed by atoms with van der Waals surface area (Å²) in [5, 5.41) is 6.84. The van der Waals surface area contributed by atoms with Crippen molar-refractivity contribution in [3.63, 3.8) is 0 Å². The fraction of sp³-hybridized carbons (Fsp3) is 0.238. The predicted octanol–water partition coefficient (Wildman–Crippen LogP) is 6.03. The lowest BCUT2D eigenvalue weighted by Crippen LogP contribution is -2.21. The van der Waals surface area contributed by atoms with Gasteiger partial charge >= 0.3 is 0 Å². The van der Waals surface area contributed by atoms with E-state index in [2.05, 4.69) is 54.7 Å². The van der Waals surface area contributed by atoms with E-state index in [9.17, 15) is 0 Å². The molecular formula is C21H23Cl2NO. The van der Waals surface area contributed by atoms with E-state index >= 15 is 0 Å². The smallest absolute Gasteiger partial charge is 0.137 e. The Morgan fingerprint density at radius 2 is 1.68 bits per heavy atom. The second-order valence-corrected chi connectivity index (χ2v) is 6.28. The van der Waals surface area contributed by atoms with E-state index in [-0.39, 0.29) is 12.4 Å². The molecule has 0 heterocycles. The third-order valence-electron chi connectivity index (χ3n) is 4.16. The third-order valence-corrected chi connectivity index (χ3v) is 4.47. The number of benzene rings is 3. The highest BCUT2D eigenvalue weighted by Gasteiger charge is 2.08. The Balaban J connectivity index is 0.00000225. The minimum atomic E-state index is 0. The van der Waals surface area contributed by atoms with E-state index in [1.807, 2.05) is 24.3 Å². The number of halogens is 2. The lowest BCUT2D eigenvalue weighted by molar-refractivity contribution is 0.306. The van der Waals surface area contributed by atoms with Crippen molar-refractivity contribution in [2.75, 3.05) is 13.2 Å². The standard InChI is InChI=1S/C21H22ClNO.ClH/c1-16(18-11-6-9-17-8-2-3-10-19(17)18)23-14-7-15-24-21-13-5-4-12-20(21)22;/h2-6,8-13,16,23H,7,14-15H2,1H3;1H/t16-;/m1./s1. The molecular weight excluding hydrogens is 353 g/mol. The number of hydrogen-bond acceptors (Lipinski definition) is 2. The van der Waals surface area contributed by atoms with E-state index in [1.54, 1.807) is 0 Å². The van der Waals surface area contributed by atoms with Crippen molar-refractivity contribution in [1.29, 1.82) is 0 Å². The summed E-state index contributed by atoms with van der Waals surface area (Å²) in [7, 11) is 0. The van der Waals surface area contributed by atoms with Crippen LogP contribution in [0.4, 0.5) is 0 Å². The van der Waals surface area contributed by atoms with Gasteiger partial charge in [0.05, 0.1) is 11.6 Å². The highest BCUT2D eigenvalue weighted by molar-refractivity contribution is 6.32. The van der Waals surface area contributed by atoms with Gasteiger partial charge in [-0.3, -0.25) is 0 Å². The maximum atomic E-state index is 6.08. The van der Waals surface area contributed by atoms with Gasteiger partial charge in [-0.2, -0.15) is 0 Å². The van der Waals surface area contributed by atoms with Crippen molar-refractivity contribution in [2.24, 2.45) is 0 Å². The number of nitrogens with one attached hydrogen (secondary N) is 1. The predicted molar refractivity (Wildman–Crippen MR) is 109 cm³/mol. The molecule has 0 aromatic heterocycles. The van der Waals surface area contributed by atoms with Gasteiger partial charge in [0.25, 0.3) is 0 Å². The number of para-hydroxylation sites is 1. The quantitative estimate of drug-likeness (QED) is 0.508. The van der Waals surface area contributed by atoms with Crippen LogP contribution in [0.3, 0.4) is 0 Å². The van der Waals surface area contributed by atoms with Crippen LogP contribution in [-0.4, -0.2) is 13.2 Å². The summed E-state index contributed by atoms with van der Waals surface area (Å²) in [6.07, 6.45) is 0.931. The van der Waals surface area contributed by atoms with Crippen LogP contribution in [0.1, 0.15) is 24.9 Å². The number of ether oxygens (including phenoxy) is 1. The molecule has 0 saturated carbocycles. The third kappa shape index (κ3) is 5.12. The summed E-state index contributed by atoms with van der Waals surface area (Å²) in [5.74, 6) is 0.751. The molecule has 0 amide bonds. The van der Waals surface area contributed by atoms with Gasteiger partial charge in [0.2, 0.25) is 0 Å². The van der Waals surface area contributed by atoms with Crippen molar-refractivity contribution < 1.29 is 4.74 Å². The summed E-state index contributed by atoms with van der Waals surface area (Å²) in [6.45, 7) is 3.75. The van der Waals surface area contributed by atoms with Crippen LogP contribution >= 0.6 is 24.0 Å². The molecule has 1 N–H and O–H groups in total. The van der Waals surface area contributed by atoms with E-state index < -0.39 is 0 Å². The van der Waals surface area contributed by atoms with E-state index in [0.29, 0.717) is 17.7 Å². The Hall–Kier alpha value is -1.74. The van der Waals surface area contributed by atoms with E-state index in [0.717, 1.165) is 18.7 Å². The van der Waals surface area contributed by atoms with E-state index in [1.165, 1.54) is 16.3 Å². The second kappa shape index (κ2) is 9.67. The molecule has 3 rings (SSSR count). The van der Waals surface area contributed by atoms with Gasteiger partial charge in [-0.1, -0.05) is 66.2 Å². The van der Waals surface area contributed by atoms with Gasteiger partial charge in [0, 0.05) is 6.04 Å². The van der Waals surface area contributed by atoms with Gasteiger partial charge in [-0.05, 0) is 48.4 Å².